The van der Waals surface area contributed by atoms with Crippen LogP contribution in [-0.4, -0.2) is 64.1 Å². The van der Waals surface area contributed by atoms with Crippen molar-refractivity contribution in [3.63, 3.8) is 0 Å². The molecule has 0 unspecified atom stereocenters. The van der Waals surface area contributed by atoms with E-state index in [4.69, 9.17) is 53.8 Å². The summed E-state index contributed by atoms with van der Waals surface area (Å²) >= 11 is 17.3. The van der Waals surface area contributed by atoms with E-state index in [9.17, 15) is 14.7 Å². The van der Waals surface area contributed by atoms with Gasteiger partial charge < -0.3 is 24.1 Å². The van der Waals surface area contributed by atoms with Gasteiger partial charge in [0.25, 0.3) is 0 Å². The maximum atomic E-state index is 13.4. The van der Waals surface area contributed by atoms with Gasteiger partial charge in [0.2, 0.25) is 3.79 Å². The molecular formula is C30H31Cl3O7. The largest absolute Gasteiger partial charge is 0.459 e. The summed E-state index contributed by atoms with van der Waals surface area (Å²) in [5.74, 6) is -2.21. The van der Waals surface area contributed by atoms with Crippen LogP contribution in [0.25, 0.3) is 0 Å². The van der Waals surface area contributed by atoms with E-state index in [0.717, 1.165) is 11.1 Å². The van der Waals surface area contributed by atoms with Crippen LogP contribution < -0.4 is 0 Å². The topological polar surface area (TPSA) is 91.3 Å². The SMILES string of the molecule is C[C@H](O)[C@H]1C=C[C@@H](c2ccccc2)[C@@H](C(=O)O[C@@H](C)[C@H]2C=C[C@@H](c3ccccc3)[C@@H](C(=O)OCC(Cl)(Cl)Cl)O2)O1. The van der Waals surface area contributed by atoms with Gasteiger partial charge in [-0.2, -0.15) is 0 Å². The quantitative estimate of drug-likeness (QED) is 0.243. The Kier molecular flexibility index (Phi) is 10.3. The van der Waals surface area contributed by atoms with Crippen LogP contribution in [0, 0.1) is 0 Å². The fourth-order valence-corrected chi connectivity index (χ4v) is 4.84. The Balaban J connectivity index is 1.51. The zero-order chi connectivity index (χ0) is 28.9. The number of hydrogen-bond donors (Lipinski definition) is 1. The van der Waals surface area contributed by atoms with Gasteiger partial charge in [0.15, 0.2) is 12.2 Å². The van der Waals surface area contributed by atoms with E-state index in [-0.39, 0.29) is 0 Å². The number of esters is 2. The zero-order valence-corrected chi connectivity index (χ0v) is 24.2. The van der Waals surface area contributed by atoms with Crippen molar-refractivity contribution in [3.8, 4) is 0 Å². The van der Waals surface area contributed by atoms with E-state index in [1.54, 1.807) is 26.0 Å². The Morgan fingerprint density at radius 1 is 0.800 bits per heavy atom. The highest BCUT2D eigenvalue weighted by atomic mass is 35.6. The minimum atomic E-state index is -1.78. The first kappa shape index (κ1) is 30.6. The molecule has 0 saturated heterocycles. The molecule has 0 saturated carbocycles. The van der Waals surface area contributed by atoms with E-state index >= 15 is 0 Å². The van der Waals surface area contributed by atoms with Gasteiger partial charge in [0, 0.05) is 11.8 Å². The summed E-state index contributed by atoms with van der Waals surface area (Å²) in [5, 5.41) is 10.1. The smallest absolute Gasteiger partial charge is 0.336 e. The van der Waals surface area contributed by atoms with Crippen LogP contribution in [0.15, 0.2) is 85.0 Å². The van der Waals surface area contributed by atoms with Gasteiger partial charge >= 0.3 is 11.9 Å². The number of carbonyl (C=O) groups is 2. The fourth-order valence-electron chi connectivity index (χ4n) is 4.68. The summed E-state index contributed by atoms with van der Waals surface area (Å²) in [6, 6.07) is 18.7. The van der Waals surface area contributed by atoms with E-state index in [1.807, 2.05) is 72.8 Å². The number of hydrogen-bond acceptors (Lipinski definition) is 7. The molecule has 8 atom stereocenters. The summed E-state index contributed by atoms with van der Waals surface area (Å²) in [6.07, 6.45) is 2.07. The average molecular weight is 610 g/mol. The Bertz CT molecular complexity index is 1200. The van der Waals surface area contributed by atoms with Crippen molar-refractivity contribution in [1.82, 2.24) is 0 Å². The molecule has 2 aromatic carbocycles. The highest BCUT2D eigenvalue weighted by molar-refractivity contribution is 6.67. The van der Waals surface area contributed by atoms with Gasteiger partial charge in [-0.3, -0.25) is 0 Å². The lowest BCUT2D eigenvalue weighted by Crippen LogP contribution is -2.46. The second-order valence-corrected chi connectivity index (χ2v) is 12.3. The van der Waals surface area contributed by atoms with Crippen LogP contribution in [0.2, 0.25) is 0 Å². The minimum Gasteiger partial charge on any atom is -0.459 e. The first-order valence-electron chi connectivity index (χ1n) is 12.9. The molecule has 0 amide bonds. The van der Waals surface area contributed by atoms with Crippen molar-refractivity contribution in [1.29, 1.82) is 0 Å². The third kappa shape index (κ3) is 7.87. The number of aliphatic hydroxyl groups excluding tert-OH is 1. The van der Waals surface area contributed by atoms with Crippen molar-refractivity contribution >= 4 is 46.7 Å². The highest BCUT2D eigenvalue weighted by Crippen LogP contribution is 2.34. The Hall–Kier alpha value is -2.39. The first-order valence-corrected chi connectivity index (χ1v) is 14.1. The third-order valence-corrected chi connectivity index (χ3v) is 7.06. The number of carbonyl (C=O) groups excluding carboxylic acids is 2. The maximum absolute atomic E-state index is 13.4. The summed E-state index contributed by atoms with van der Waals surface area (Å²) in [6.45, 7) is 2.81. The predicted molar refractivity (Wildman–Crippen MR) is 152 cm³/mol. The van der Waals surface area contributed by atoms with Crippen LogP contribution in [0.3, 0.4) is 0 Å². The van der Waals surface area contributed by atoms with Crippen molar-refractivity contribution in [2.75, 3.05) is 6.61 Å². The molecule has 0 radical (unpaired) electrons. The number of aliphatic hydroxyl groups is 1. The maximum Gasteiger partial charge on any atom is 0.336 e. The standard InChI is InChI=1S/C30H31Cl3O7/c1-18(34)24-15-13-23(21-11-7-4-8-12-21)27(39-24)29(36)38-19(2)25-16-14-22(20-9-5-3-6-10-20)26(40-25)28(35)37-17-30(31,32)33/h3-16,18-19,22-27,34H,17H2,1-2H3/t18-,19-,22-,23-,24+,25+,26-,27-/m0/s1. The molecule has 2 aliphatic rings. The molecule has 0 bridgehead atoms. The van der Waals surface area contributed by atoms with Gasteiger partial charge in [-0.1, -0.05) is 120 Å². The second kappa shape index (κ2) is 13.5. The van der Waals surface area contributed by atoms with Crippen molar-refractivity contribution in [2.45, 2.75) is 66.1 Å². The van der Waals surface area contributed by atoms with Crippen LogP contribution >= 0.6 is 34.8 Å². The molecule has 2 aromatic rings. The van der Waals surface area contributed by atoms with Gasteiger partial charge in [-0.15, -0.1) is 0 Å². The zero-order valence-electron chi connectivity index (χ0n) is 21.9. The summed E-state index contributed by atoms with van der Waals surface area (Å²) in [4.78, 5) is 26.5. The molecule has 7 nitrogen and oxygen atoms in total. The molecule has 1 N–H and O–H groups in total. The summed E-state index contributed by atoms with van der Waals surface area (Å²) in [7, 11) is 0. The van der Waals surface area contributed by atoms with Crippen LogP contribution in [0.5, 0.6) is 0 Å². The molecular weight excluding hydrogens is 579 g/mol. The lowest BCUT2D eigenvalue weighted by atomic mass is 9.89. The third-order valence-electron chi connectivity index (χ3n) is 6.73. The van der Waals surface area contributed by atoms with E-state index in [2.05, 4.69) is 0 Å². The molecule has 4 rings (SSSR count). The molecule has 10 heteroatoms. The molecule has 0 aliphatic carbocycles. The monoisotopic (exact) mass is 608 g/mol. The van der Waals surface area contributed by atoms with Crippen LogP contribution in [0.4, 0.5) is 0 Å². The number of ether oxygens (including phenoxy) is 4. The predicted octanol–water partition coefficient (Wildman–Crippen LogP) is 5.43. The van der Waals surface area contributed by atoms with Crippen LogP contribution in [0.1, 0.15) is 36.8 Å². The molecule has 0 fully saturated rings. The molecule has 0 spiro atoms. The van der Waals surface area contributed by atoms with Gasteiger partial charge in [-0.05, 0) is 25.0 Å². The van der Waals surface area contributed by atoms with Crippen molar-refractivity contribution in [2.24, 2.45) is 0 Å². The number of rotatable bonds is 8. The van der Waals surface area contributed by atoms with E-state index in [1.165, 1.54) is 0 Å². The molecule has 2 heterocycles. The van der Waals surface area contributed by atoms with E-state index < -0.39 is 70.8 Å². The number of alkyl halides is 3. The fraction of sp³-hybridized carbons (Fsp3) is 0.400. The lowest BCUT2D eigenvalue weighted by molar-refractivity contribution is -0.180. The Morgan fingerprint density at radius 2 is 1.27 bits per heavy atom. The number of halogens is 3. The van der Waals surface area contributed by atoms with Gasteiger partial charge in [0.1, 0.15) is 24.9 Å². The van der Waals surface area contributed by atoms with Crippen LogP contribution in [-0.2, 0) is 28.5 Å². The molecule has 214 valence electrons. The molecule has 40 heavy (non-hydrogen) atoms. The van der Waals surface area contributed by atoms with Crippen molar-refractivity contribution in [3.05, 3.63) is 96.1 Å². The van der Waals surface area contributed by atoms with E-state index in [0.29, 0.717) is 0 Å². The Labute approximate surface area is 248 Å². The summed E-state index contributed by atoms with van der Waals surface area (Å²) < 4.78 is 21.4. The normalized spacial score (nSPS) is 27.9. The highest BCUT2D eigenvalue weighted by Gasteiger charge is 2.41. The summed E-state index contributed by atoms with van der Waals surface area (Å²) in [5.41, 5.74) is 1.70. The van der Waals surface area contributed by atoms with Crippen molar-refractivity contribution < 1.29 is 33.6 Å². The van der Waals surface area contributed by atoms with Gasteiger partial charge in [-0.25, -0.2) is 9.59 Å². The second-order valence-electron chi connectivity index (χ2n) is 9.79. The van der Waals surface area contributed by atoms with Gasteiger partial charge in [0.05, 0.1) is 6.10 Å². The lowest BCUT2D eigenvalue weighted by Gasteiger charge is -2.36. The Morgan fingerprint density at radius 3 is 1.77 bits per heavy atom. The average Bonchev–Trinajstić information content (AvgIpc) is 2.95. The molecule has 0 aromatic heterocycles. The minimum absolute atomic E-state index is 0.411. The molecule has 2 aliphatic heterocycles. The number of benzene rings is 2. The first-order chi connectivity index (χ1) is 19.0.